The van der Waals surface area contributed by atoms with Gasteiger partial charge >= 0.3 is 0 Å². The fourth-order valence-electron chi connectivity index (χ4n) is 4.16. The molecule has 0 aromatic heterocycles. The molecule has 1 atom stereocenters. The Bertz CT molecular complexity index is 1100. The first-order valence-electron chi connectivity index (χ1n) is 9.35. The third-order valence-electron chi connectivity index (χ3n) is 5.50. The number of sulfonamides is 1. The Morgan fingerprint density at radius 2 is 1.89 bits per heavy atom. The van der Waals surface area contributed by atoms with Gasteiger partial charge in [-0.05, 0) is 55.2 Å². The molecule has 0 saturated carbocycles. The van der Waals surface area contributed by atoms with Crippen LogP contribution in [0.5, 0.6) is 11.5 Å². The van der Waals surface area contributed by atoms with Gasteiger partial charge in [-0.15, -0.1) is 0 Å². The number of nitrogens with zero attached hydrogens (tertiary/aromatic N) is 1. The summed E-state index contributed by atoms with van der Waals surface area (Å²) in [6.07, 6.45) is 1.71. The second-order valence-corrected chi connectivity index (χ2v) is 8.98. The topological polar surface area (TPSA) is 84.9 Å². The number of ether oxygens (including phenoxy) is 2. The summed E-state index contributed by atoms with van der Waals surface area (Å²) >= 11 is 0. The number of hydrogen-bond donors (Lipinski definition) is 1. The van der Waals surface area contributed by atoms with Crippen molar-refractivity contribution in [2.45, 2.75) is 30.6 Å². The lowest BCUT2D eigenvalue weighted by molar-refractivity contribution is -0.119. The molecule has 7 nitrogen and oxygen atoms in total. The summed E-state index contributed by atoms with van der Waals surface area (Å²) in [5, 5.41) is 0. The van der Waals surface area contributed by atoms with Gasteiger partial charge in [0.05, 0.1) is 16.5 Å². The first-order valence-corrected chi connectivity index (χ1v) is 10.8. The van der Waals surface area contributed by atoms with Crippen LogP contribution in [0.4, 0.5) is 11.4 Å². The molecule has 28 heavy (non-hydrogen) atoms. The fraction of sp³-hybridized carbons (Fsp3) is 0.350. The lowest BCUT2D eigenvalue weighted by atomic mass is 9.96. The Hall–Kier alpha value is -2.74. The van der Waals surface area contributed by atoms with Crippen LogP contribution in [0.25, 0.3) is 0 Å². The van der Waals surface area contributed by atoms with Gasteiger partial charge in [-0.1, -0.05) is 0 Å². The van der Waals surface area contributed by atoms with Crippen molar-refractivity contribution in [3.8, 4) is 11.5 Å². The average molecular weight is 400 g/mol. The molecule has 3 aliphatic rings. The van der Waals surface area contributed by atoms with Crippen molar-refractivity contribution in [2.75, 3.05) is 29.4 Å². The number of benzene rings is 2. The molecule has 1 amide bonds. The van der Waals surface area contributed by atoms with Crippen molar-refractivity contribution >= 4 is 27.3 Å². The number of anilines is 2. The van der Waals surface area contributed by atoms with Gasteiger partial charge in [0.15, 0.2) is 11.5 Å². The number of nitrogens with one attached hydrogen (secondary N) is 1. The van der Waals surface area contributed by atoms with E-state index in [-0.39, 0.29) is 16.7 Å². The number of fused-ring (bicyclic) bond motifs is 1. The minimum absolute atomic E-state index is 0.0859. The van der Waals surface area contributed by atoms with E-state index in [4.69, 9.17) is 9.47 Å². The Morgan fingerprint density at radius 1 is 1.11 bits per heavy atom. The van der Waals surface area contributed by atoms with Crippen molar-refractivity contribution in [3.63, 3.8) is 0 Å². The van der Waals surface area contributed by atoms with Crippen LogP contribution in [0.15, 0.2) is 35.2 Å². The number of hydrogen-bond acceptors (Lipinski definition) is 5. The zero-order valence-corrected chi connectivity index (χ0v) is 16.2. The molecule has 1 N–H and O–H groups in total. The molecule has 3 heterocycles. The van der Waals surface area contributed by atoms with E-state index in [9.17, 15) is 13.2 Å². The van der Waals surface area contributed by atoms with Gasteiger partial charge in [0.2, 0.25) is 5.91 Å². The fourth-order valence-corrected chi connectivity index (χ4v) is 5.21. The van der Waals surface area contributed by atoms with E-state index >= 15 is 0 Å². The van der Waals surface area contributed by atoms with E-state index in [1.165, 1.54) is 12.1 Å². The van der Waals surface area contributed by atoms with Crippen LogP contribution >= 0.6 is 0 Å². The first-order chi connectivity index (χ1) is 13.4. The summed E-state index contributed by atoms with van der Waals surface area (Å²) in [4.78, 5) is 14.4. The molecular formula is C20H20N2O5S. The van der Waals surface area contributed by atoms with Crippen molar-refractivity contribution in [1.29, 1.82) is 0 Å². The molecule has 0 saturated heterocycles. The van der Waals surface area contributed by atoms with Gasteiger partial charge in [0, 0.05) is 18.3 Å². The molecular weight excluding hydrogens is 380 g/mol. The lowest BCUT2D eigenvalue weighted by Crippen LogP contribution is -2.32. The van der Waals surface area contributed by atoms with E-state index in [0.29, 0.717) is 30.4 Å². The Morgan fingerprint density at radius 3 is 2.71 bits per heavy atom. The molecule has 3 aliphatic heterocycles. The smallest absolute Gasteiger partial charge is 0.262 e. The SMILES string of the molecule is C[C@@H]1C(=O)N2CCCc3cc(NS(=O)(=O)c4ccc5c(c4)OCCO5)cc1c32. The second-order valence-electron chi connectivity index (χ2n) is 7.30. The maximum absolute atomic E-state index is 12.9. The number of carbonyl (C=O) groups is 1. The molecule has 5 rings (SSSR count). The summed E-state index contributed by atoms with van der Waals surface area (Å²) in [6, 6.07) is 8.20. The Balaban J connectivity index is 1.51. The number of carbonyl (C=O) groups excluding carboxylic acids is 1. The highest BCUT2D eigenvalue weighted by molar-refractivity contribution is 7.92. The molecule has 8 heteroatoms. The standard InChI is InChI=1S/C20H20N2O5S/c1-12-16-10-14(9-13-3-2-6-22(19(13)16)20(12)23)21-28(24,25)15-4-5-17-18(11-15)27-8-7-26-17/h4-5,9-12,21H,2-3,6-8H2,1H3/t12-/m0/s1. The summed E-state index contributed by atoms with van der Waals surface area (Å²) in [7, 11) is -3.80. The minimum Gasteiger partial charge on any atom is -0.486 e. The zero-order valence-electron chi connectivity index (χ0n) is 15.4. The third-order valence-corrected chi connectivity index (χ3v) is 6.87. The maximum atomic E-state index is 12.9. The van der Waals surface area contributed by atoms with Gasteiger partial charge in [0.1, 0.15) is 13.2 Å². The minimum atomic E-state index is -3.80. The highest BCUT2D eigenvalue weighted by atomic mass is 32.2. The highest BCUT2D eigenvalue weighted by Gasteiger charge is 2.38. The van der Waals surface area contributed by atoms with Crippen molar-refractivity contribution in [1.82, 2.24) is 0 Å². The quantitative estimate of drug-likeness (QED) is 0.856. The molecule has 2 aromatic rings. The monoisotopic (exact) mass is 400 g/mol. The normalized spacial score (nSPS) is 20.1. The van der Waals surface area contributed by atoms with E-state index < -0.39 is 10.0 Å². The van der Waals surface area contributed by atoms with Crippen molar-refractivity contribution < 1.29 is 22.7 Å². The highest BCUT2D eigenvalue weighted by Crippen LogP contribution is 2.44. The lowest BCUT2D eigenvalue weighted by Gasteiger charge is -2.26. The van der Waals surface area contributed by atoms with Crippen molar-refractivity contribution in [2.24, 2.45) is 0 Å². The molecule has 146 valence electrons. The predicted molar refractivity (Wildman–Crippen MR) is 104 cm³/mol. The number of rotatable bonds is 3. The molecule has 0 bridgehead atoms. The Labute approximate surface area is 163 Å². The largest absolute Gasteiger partial charge is 0.486 e. The van der Waals surface area contributed by atoms with Gasteiger partial charge in [-0.25, -0.2) is 8.42 Å². The summed E-state index contributed by atoms with van der Waals surface area (Å²) in [5.74, 6) is 0.793. The van der Waals surface area contributed by atoms with Gasteiger partial charge < -0.3 is 14.4 Å². The van der Waals surface area contributed by atoms with Crippen LogP contribution in [-0.4, -0.2) is 34.1 Å². The van der Waals surface area contributed by atoms with Crippen LogP contribution in [0.1, 0.15) is 30.4 Å². The molecule has 0 spiro atoms. The average Bonchev–Trinajstić information content (AvgIpc) is 2.94. The van der Waals surface area contributed by atoms with Crippen LogP contribution < -0.4 is 19.1 Å². The molecule has 0 fully saturated rings. The third kappa shape index (κ3) is 2.63. The van der Waals surface area contributed by atoms with Crippen LogP contribution in [-0.2, 0) is 21.2 Å². The summed E-state index contributed by atoms with van der Waals surface area (Å²) < 4.78 is 39.5. The van der Waals surface area contributed by atoms with E-state index in [0.717, 1.165) is 36.2 Å². The molecule has 0 radical (unpaired) electrons. The summed E-state index contributed by atoms with van der Waals surface area (Å²) in [5.41, 5.74) is 3.35. The number of aryl methyl sites for hydroxylation is 1. The van der Waals surface area contributed by atoms with E-state index in [1.54, 1.807) is 12.1 Å². The van der Waals surface area contributed by atoms with E-state index in [1.807, 2.05) is 17.9 Å². The van der Waals surface area contributed by atoms with Gasteiger partial charge in [-0.2, -0.15) is 0 Å². The summed E-state index contributed by atoms with van der Waals surface area (Å²) in [6.45, 7) is 3.44. The molecule has 0 unspecified atom stereocenters. The molecule has 2 aromatic carbocycles. The van der Waals surface area contributed by atoms with Crippen molar-refractivity contribution in [3.05, 3.63) is 41.5 Å². The van der Waals surface area contributed by atoms with E-state index in [2.05, 4.69) is 4.72 Å². The number of amides is 1. The van der Waals surface area contributed by atoms with Gasteiger partial charge in [-0.3, -0.25) is 9.52 Å². The van der Waals surface area contributed by atoms with Crippen LogP contribution in [0.3, 0.4) is 0 Å². The first kappa shape index (κ1) is 17.4. The predicted octanol–water partition coefficient (Wildman–Crippen LogP) is 2.65. The molecule has 0 aliphatic carbocycles. The zero-order chi connectivity index (χ0) is 19.5. The van der Waals surface area contributed by atoms with Gasteiger partial charge in [0.25, 0.3) is 10.0 Å². The second kappa shape index (κ2) is 6.13. The maximum Gasteiger partial charge on any atom is 0.262 e. The van der Waals surface area contributed by atoms with Crippen LogP contribution in [0.2, 0.25) is 0 Å². The van der Waals surface area contributed by atoms with Crippen LogP contribution in [0, 0.1) is 0 Å². The Kier molecular flexibility index (Phi) is 3.80.